The number of benzene rings is 1. The lowest BCUT2D eigenvalue weighted by Gasteiger charge is -2.33. The Morgan fingerprint density at radius 1 is 1.23 bits per heavy atom. The summed E-state index contributed by atoms with van der Waals surface area (Å²) in [4.78, 5) is 22.8. The van der Waals surface area contributed by atoms with E-state index in [9.17, 15) is 4.79 Å². The molecule has 0 saturated carbocycles. The number of amides is 1. The van der Waals surface area contributed by atoms with Gasteiger partial charge >= 0.3 is 0 Å². The molecule has 1 unspecified atom stereocenters. The van der Waals surface area contributed by atoms with Crippen LogP contribution in [0.3, 0.4) is 0 Å². The van der Waals surface area contributed by atoms with Crippen LogP contribution >= 0.6 is 0 Å². The van der Waals surface area contributed by atoms with Gasteiger partial charge in [0.1, 0.15) is 11.8 Å². The van der Waals surface area contributed by atoms with Crippen LogP contribution in [0.2, 0.25) is 0 Å². The Kier molecular flexibility index (Phi) is 4.18. The van der Waals surface area contributed by atoms with Gasteiger partial charge in [-0.05, 0) is 31.0 Å². The molecule has 1 atom stereocenters. The summed E-state index contributed by atoms with van der Waals surface area (Å²) in [7, 11) is 1.61. The highest BCUT2D eigenvalue weighted by atomic mass is 16.5. The molecule has 3 rings (SSSR count). The molecular weight excluding hydrogens is 280 g/mol. The second-order valence-corrected chi connectivity index (χ2v) is 5.07. The quantitative estimate of drug-likeness (QED) is 0.936. The molecule has 0 radical (unpaired) electrons. The summed E-state index contributed by atoms with van der Waals surface area (Å²) in [5.74, 6) is 1.19. The lowest BCUT2D eigenvalue weighted by Crippen LogP contribution is -2.48. The Morgan fingerprint density at radius 3 is 2.77 bits per heavy atom. The van der Waals surface area contributed by atoms with Crippen molar-refractivity contribution in [2.75, 3.05) is 23.9 Å². The fourth-order valence-corrected chi connectivity index (χ4v) is 2.63. The van der Waals surface area contributed by atoms with Crippen molar-refractivity contribution in [3.63, 3.8) is 0 Å². The Bertz CT molecular complexity index is 648. The summed E-state index contributed by atoms with van der Waals surface area (Å²) in [6, 6.07) is 8.99. The summed E-state index contributed by atoms with van der Waals surface area (Å²) < 4.78 is 5.36. The van der Waals surface area contributed by atoms with Crippen LogP contribution in [0.5, 0.6) is 5.75 Å². The van der Waals surface area contributed by atoms with E-state index in [0.29, 0.717) is 18.2 Å². The molecule has 1 aliphatic rings. The minimum Gasteiger partial charge on any atom is -0.495 e. The monoisotopic (exact) mass is 298 g/mol. The standard InChI is InChI=1S/C16H18N4O2/c1-22-14-8-3-2-7-13(14)20-11-4-6-12(15(20)21)19-16-17-9-5-10-18-16/h2-3,5,7-10,12H,4,6,11H2,1H3,(H,17,18,19). The summed E-state index contributed by atoms with van der Waals surface area (Å²) in [5, 5.41) is 3.11. The number of piperidine rings is 1. The van der Waals surface area contributed by atoms with Crippen molar-refractivity contribution in [2.24, 2.45) is 0 Å². The Labute approximate surface area is 129 Å². The van der Waals surface area contributed by atoms with Crippen LogP contribution < -0.4 is 15.0 Å². The van der Waals surface area contributed by atoms with Gasteiger partial charge < -0.3 is 15.0 Å². The summed E-state index contributed by atoms with van der Waals surface area (Å²) >= 11 is 0. The number of rotatable bonds is 4. The van der Waals surface area contributed by atoms with E-state index in [-0.39, 0.29) is 11.9 Å². The smallest absolute Gasteiger partial charge is 0.249 e. The van der Waals surface area contributed by atoms with Crippen molar-refractivity contribution in [3.05, 3.63) is 42.7 Å². The first-order valence-corrected chi connectivity index (χ1v) is 7.27. The summed E-state index contributed by atoms with van der Waals surface area (Å²) in [5.41, 5.74) is 0.801. The molecule has 1 fully saturated rings. The highest BCUT2D eigenvalue weighted by Crippen LogP contribution is 2.30. The minimum absolute atomic E-state index is 0.0169. The van der Waals surface area contributed by atoms with E-state index in [1.807, 2.05) is 24.3 Å². The van der Waals surface area contributed by atoms with E-state index in [1.54, 1.807) is 30.5 Å². The molecule has 22 heavy (non-hydrogen) atoms. The van der Waals surface area contributed by atoms with E-state index in [2.05, 4.69) is 15.3 Å². The first-order chi connectivity index (χ1) is 10.8. The number of anilines is 2. The molecule has 114 valence electrons. The topological polar surface area (TPSA) is 67.3 Å². The van der Waals surface area contributed by atoms with Crippen LogP contribution in [0, 0.1) is 0 Å². The van der Waals surface area contributed by atoms with Gasteiger partial charge in [-0.3, -0.25) is 4.79 Å². The fourth-order valence-electron chi connectivity index (χ4n) is 2.63. The van der Waals surface area contributed by atoms with Gasteiger partial charge in [-0.15, -0.1) is 0 Å². The van der Waals surface area contributed by atoms with Crippen molar-refractivity contribution >= 4 is 17.5 Å². The molecule has 0 aliphatic carbocycles. The van der Waals surface area contributed by atoms with Gasteiger partial charge in [-0.1, -0.05) is 12.1 Å². The Balaban J connectivity index is 1.81. The lowest BCUT2D eigenvalue weighted by atomic mass is 10.0. The zero-order chi connectivity index (χ0) is 15.4. The van der Waals surface area contributed by atoms with Gasteiger partial charge in [-0.2, -0.15) is 0 Å². The van der Waals surface area contributed by atoms with E-state index in [1.165, 1.54) is 0 Å². The van der Waals surface area contributed by atoms with Crippen molar-refractivity contribution in [3.8, 4) is 5.75 Å². The first kappa shape index (κ1) is 14.3. The van der Waals surface area contributed by atoms with Crippen LogP contribution in [0.4, 0.5) is 11.6 Å². The van der Waals surface area contributed by atoms with Crippen LogP contribution in [-0.2, 0) is 4.79 Å². The molecule has 1 aromatic carbocycles. The predicted molar refractivity (Wildman–Crippen MR) is 84.0 cm³/mol. The number of carbonyl (C=O) groups excluding carboxylic acids is 1. The van der Waals surface area contributed by atoms with E-state index in [0.717, 1.165) is 18.5 Å². The van der Waals surface area contributed by atoms with Crippen molar-refractivity contribution in [2.45, 2.75) is 18.9 Å². The fraction of sp³-hybridized carbons (Fsp3) is 0.312. The third-order valence-corrected chi connectivity index (χ3v) is 3.68. The average molecular weight is 298 g/mol. The van der Waals surface area contributed by atoms with Crippen LogP contribution in [0.25, 0.3) is 0 Å². The van der Waals surface area contributed by atoms with Gasteiger partial charge in [0.2, 0.25) is 11.9 Å². The maximum absolute atomic E-state index is 12.8. The summed E-state index contributed by atoms with van der Waals surface area (Å²) in [6.45, 7) is 0.688. The zero-order valence-corrected chi connectivity index (χ0v) is 12.4. The zero-order valence-electron chi connectivity index (χ0n) is 12.4. The van der Waals surface area contributed by atoms with Gasteiger partial charge in [0.05, 0.1) is 12.8 Å². The normalized spacial score (nSPS) is 18.1. The van der Waals surface area contributed by atoms with Crippen molar-refractivity contribution in [1.29, 1.82) is 0 Å². The molecule has 2 heterocycles. The molecule has 0 spiro atoms. The maximum Gasteiger partial charge on any atom is 0.249 e. The third kappa shape index (κ3) is 2.86. The first-order valence-electron chi connectivity index (χ1n) is 7.27. The third-order valence-electron chi connectivity index (χ3n) is 3.68. The highest BCUT2D eigenvalue weighted by Gasteiger charge is 2.31. The highest BCUT2D eigenvalue weighted by molar-refractivity contribution is 6.00. The molecule has 6 heteroatoms. The van der Waals surface area contributed by atoms with Gasteiger partial charge in [-0.25, -0.2) is 9.97 Å². The molecular formula is C16H18N4O2. The van der Waals surface area contributed by atoms with E-state index in [4.69, 9.17) is 4.74 Å². The number of para-hydroxylation sites is 2. The number of methoxy groups -OCH3 is 1. The van der Waals surface area contributed by atoms with Gasteiger partial charge in [0.15, 0.2) is 0 Å². The second-order valence-electron chi connectivity index (χ2n) is 5.07. The second kappa shape index (κ2) is 6.43. The van der Waals surface area contributed by atoms with Gasteiger partial charge in [0.25, 0.3) is 0 Å². The molecule has 1 aliphatic heterocycles. The number of carbonyl (C=O) groups is 1. The molecule has 1 saturated heterocycles. The Morgan fingerprint density at radius 2 is 2.00 bits per heavy atom. The number of nitrogens with zero attached hydrogens (tertiary/aromatic N) is 3. The average Bonchev–Trinajstić information content (AvgIpc) is 2.58. The van der Waals surface area contributed by atoms with E-state index >= 15 is 0 Å². The van der Waals surface area contributed by atoms with Crippen LogP contribution in [0.1, 0.15) is 12.8 Å². The number of aromatic nitrogens is 2. The molecule has 2 aromatic rings. The van der Waals surface area contributed by atoms with Crippen LogP contribution in [0.15, 0.2) is 42.7 Å². The van der Waals surface area contributed by atoms with Crippen molar-refractivity contribution in [1.82, 2.24) is 9.97 Å². The predicted octanol–water partition coefficient (Wildman–Crippen LogP) is 2.09. The number of ether oxygens (including phenoxy) is 1. The number of hydrogen-bond acceptors (Lipinski definition) is 5. The van der Waals surface area contributed by atoms with Gasteiger partial charge in [0, 0.05) is 18.9 Å². The lowest BCUT2D eigenvalue weighted by molar-refractivity contribution is -0.120. The molecule has 6 nitrogen and oxygen atoms in total. The summed E-state index contributed by atoms with van der Waals surface area (Å²) in [6.07, 6.45) is 4.98. The van der Waals surface area contributed by atoms with Crippen molar-refractivity contribution < 1.29 is 9.53 Å². The SMILES string of the molecule is COc1ccccc1N1CCCC(Nc2ncccn2)C1=O. The molecule has 0 bridgehead atoms. The molecule has 1 aromatic heterocycles. The van der Waals surface area contributed by atoms with Crippen LogP contribution in [-0.4, -0.2) is 35.6 Å². The minimum atomic E-state index is -0.318. The maximum atomic E-state index is 12.8. The number of nitrogens with one attached hydrogen (secondary N) is 1. The van der Waals surface area contributed by atoms with E-state index < -0.39 is 0 Å². The largest absolute Gasteiger partial charge is 0.495 e. The molecule has 1 amide bonds. The molecule has 1 N–H and O–H groups in total. The number of hydrogen-bond donors (Lipinski definition) is 1. The Hall–Kier alpha value is -2.63.